The third kappa shape index (κ3) is 2.53. The van der Waals surface area contributed by atoms with Crippen molar-refractivity contribution >= 4 is 10.0 Å². The fourth-order valence-electron chi connectivity index (χ4n) is 2.31. The Morgan fingerprint density at radius 2 is 2.16 bits per heavy atom. The first-order valence-corrected chi connectivity index (χ1v) is 7.64. The zero-order chi connectivity index (χ0) is 14.2. The second kappa shape index (κ2) is 5.20. The average Bonchev–Trinajstić information content (AvgIpc) is 2.63. The number of ether oxygens (including phenoxy) is 1. The van der Waals surface area contributed by atoms with Crippen LogP contribution in [0.1, 0.15) is 11.4 Å². The largest absolute Gasteiger partial charge is 0.374 e. The summed E-state index contributed by atoms with van der Waals surface area (Å²) < 4.78 is 33.8. The van der Waals surface area contributed by atoms with E-state index in [4.69, 9.17) is 10.5 Å². The number of nitrogens with zero attached hydrogens (tertiary/aromatic N) is 3. The number of morpholine rings is 1. The Labute approximate surface area is 113 Å². The Morgan fingerprint density at radius 1 is 1.47 bits per heavy atom. The standard InChI is InChI=1S/C11H20N4O3S/c1-8-11(9(2)14(3)13-8)19(16,17)15-4-5-18-10(6-12)7-15/h10H,4-7,12H2,1-3H3. The van der Waals surface area contributed by atoms with Crippen LogP contribution in [0.25, 0.3) is 0 Å². The molecule has 1 unspecified atom stereocenters. The van der Waals surface area contributed by atoms with Gasteiger partial charge in [-0.25, -0.2) is 8.42 Å². The zero-order valence-corrected chi connectivity index (χ0v) is 12.3. The van der Waals surface area contributed by atoms with Gasteiger partial charge in [-0.2, -0.15) is 9.40 Å². The predicted molar refractivity (Wildman–Crippen MR) is 70.2 cm³/mol. The van der Waals surface area contributed by atoms with Crippen molar-refractivity contribution in [2.75, 3.05) is 26.2 Å². The first kappa shape index (κ1) is 14.4. The number of sulfonamides is 1. The molecule has 8 heteroatoms. The van der Waals surface area contributed by atoms with E-state index in [9.17, 15) is 8.42 Å². The van der Waals surface area contributed by atoms with Gasteiger partial charge in [0, 0.05) is 26.7 Å². The summed E-state index contributed by atoms with van der Waals surface area (Å²) in [5.74, 6) is 0. The summed E-state index contributed by atoms with van der Waals surface area (Å²) in [6.45, 7) is 4.81. The number of hydrogen-bond donors (Lipinski definition) is 1. The van der Waals surface area contributed by atoms with Gasteiger partial charge < -0.3 is 10.5 Å². The van der Waals surface area contributed by atoms with E-state index in [-0.39, 0.29) is 6.10 Å². The molecule has 0 spiro atoms. The van der Waals surface area contributed by atoms with Crippen LogP contribution >= 0.6 is 0 Å². The molecule has 0 aromatic carbocycles. The molecule has 1 saturated heterocycles. The summed E-state index contributed by atoms with van der Waals surface area (Å²) in [6, 6.07) is 0. The molecule has 108 valence electrons. The number of rotatable bonds is 3. The van der Waals surface area contributed by atoms with E-state index in [0.29, 0.717) is 42.5 Å². The Kier molecular flexibility index (Phi) is 3.95. The fraction of sp³-hybridized carbons (Fsp3) is 0.727. The highest BCUT2D eigenvalue weighted by atomic mass is 32.2. The molecule has 19 heavy (non-hydrogen) atoms. The number of aryl methyl sites for hydroxylation is 2. The second-order valence-electron chi connectivity index (χ2n) is 4.72. The molecule has 1 aromatic rings. The van der Waals surface area contributed by atoms with Crippen molar-refractivity contribution in [2.24, 2.45) is 12.8 Å². The highest BCUT2D eigenvalue weighted by molar-refractivity contribution is 7.89. The first-order valence-electron chi connectivity index (χ1n) is 6.20. The first-order chi connectivity index (χ1) is 8.87. The number of hydrogen-bond acceptors (Lipinski definition) is 5. The van der Waals surface area contributed by atoms with Crippen molar-refractivity contribution in [3.8, 4) is 0 Å². The van der Waals surface area contributed by atoms with E-state index >= 15 is 0 Å². The van der Waals surface area contributed by atoms with Crippen LogP contribution in [0.15, 0.2) is 4.90 Å². The number of nitrogens with two attached hydrogens (primary N) is 1. The summed E-state index contributed by atoms with van der Waals surface area (Å²) in [7, 11) is -1.79. The Bertz CT molecular complexity index is 567. The van der Waals surface area contributed by atoms with Gasteiger partial charge in [0.15, 0.2) is 0 Å². The quantitative estimate of drug-likeness (QED) is 0.801. The molecule has 0 bridgehead atoms. The van der Waals surface area contributed by atoms with E-state index in [1.54, 1.807) is 25.6 Å². The van der Waals surface area contributed by atoms with Crippen LogP contribution in [0.5, 0.6) is 0 Å². The van der Waals surface area contributed by atoms with E-state index in [2.05, 4.69) is 5.10 Å². The maximum absolute atomic E-state index is 12.7. The molecule has 1 aliphatic heterocycles. The molecule has 2 rings (SSSR count). The molecule has 1 aliphatic rings. The molecular formula is C11H20N4O3S. The normalized spacial score (nSPS) is 21.8. The summed E-state index contributed by atoms with van der Waals surface area (Å²) in [4.78, 5) is 0.299. The monoisotopic (exact) mass is 288 g/mol. The Morgan fingerprint density at radius 3 is 2.68 bits per heavy atom. The fourth-order valence-corrected chi connectivity index (χ4v) is 4.16. The van der Waals surface area contributed by atoms with Crippen LogP contribution in [-0.4, -0.2) is 54.8 Å². The molecule has 1 fully saturated rings. The molecule has 7 nitrogen and oxygen atoms in total. The molecule has 1 atom stereocenters. The SMILES string of the molecule is Cc1nn(C)c(C)c1S(=O)(=O)N1CCOC(CN)C1. The predicted octanol–water partition coefficient (Wildman–Crippen LogP) is -0.615. The minimum absolute atomic E-state index is 0.235. The lowest BCUT2D eigenvalue weighted by Crippen LogP contribution is -2.48. The highest BCUT2D eigenvalue weighted by Gasteiger charge is 2.34. The Balaban J connectivity index is 2.37. The zero-order valence-electron chi connectivity index (χ0n) is 11.5. The summed E-state index contributed by atoms with van der Waals surface area (Å²) in [5.41, 5.74) is 6.72. The highest BCUT2D eigenvalue weighted by Crippen LogP contribution is 2.24. The maximum Gasteiger partial charge on any atom is 0.246 e. The Hall–Kier alpha value is -0.960. The number of aromatic nitrogens is 2. The van der Waals surface area contributed by atoms with E-state index in [1.807, 2.05) is 0 Å². The molecule has 1 aromatic heterocycles. The molecule has 2 heterocycles. The van der Waals surface area contributed by atoms with Crippen molar-refractivity contribution in [2.45, 2.75) is 24.8 Å². The van der Waals surface area contributed by atoms with Crippen LogP contribution in [-0.2, 0) is 21.8 Å². The van der Waals surface area contributed by atoms with Gasteiger partial charge >= 0.3 is 0 Å². The van der Waals surface area contributed by atoms with Gasteiger partial charge in [-0.05, 0) is 13.8 Å². The minimum Gasteiger partial charge on any atom is -0.374 e. The summed E-state index contributed by atoms with van der Waals surface area (Å²) in [6.07, 6.45) is -0.235. The molecule has 0 saturated carbocycles. The average molecular weight is 288 g/mol. The van der Waals surface area contributed by atoms with E-state index in [0.717, 1.165) is 0 Å². The summed E-state index contributed by atoms with van der Waals surface area (Å²) in [5, 5.41) is 4.17. The van der Waals surface area contributed by atoms with Gasteiger partial charge in [0.2, 0.25) is 10.0 Å². The van der Waals surface area contributed by atoms with Gasteiger partial charge in [-0.1, -0.05) is 0 Å². The smallest absolute Gasteiger partial charge is 0.246 e. The molecule has 2 N–H and O–H groups in total. The third-order valence-corrected chi connectivity index (χ3v) is 5.52. The van der Waals surface area contributed by atoms with E-state index < -0.39 is 10.0 Å². The van der Waals surface area contributed by atoms with Crippen LogP contribution in [0.2, 0.25) is 0 Å². The van der Waals surface area contributed by atoms with Crippen LogP contribution in [0.3, 0.4) is 0 Å². The van der Waals surface area contributed by atoms with Gasteiger partial charge in [-0.15, -0.1) is 0 Å². The van der Waals surface area contributed by atoms with Gasteiger partial charge in [0.05, 0.1) is 24.1 Å². The second-order valence-corrected chi connectivity index (χ2v) is 6.59. The van der Waals surface area contributed by atoms with Crippen LogP contribution in [0, 0.1) is 13.8 Å². The van der Waals surface area contributed by atoms with Crippen molar-refractivity contribution in [1.29, 1.82) is 0 Å². The minimum atomic E-state index is -3.53. The van der Waals surface area contributed by atoms with Gasteiger partial charge in [0.1, 0.15) is 4.90 Å². The topological polar surface area (TPSA) is 90.5 Å². The lowest BCUT2D eigenvalue weighted by molar-refractivity contribution is 0.00448. The lowest BCUT2D eigenvalue weighted by atomic mass is 10.3. The lowest BCUT2D eigenvalue weighted by Gasteiger charge is -2.31. The van der Waals surface area contributed by atoms with Crippen molar-refractivity contribution in [3.05, 3.63) is 11.4 Å². The molecule has 0 amide bonds. The van der Waals surface area contributed by atoms with Crippen LogP contribution in [0.4, 0.5) is 0 Å². The van der Waals surface area contributed by atoms with Crippen LogP contribution < -0.4 is 5.73 Å². The van der Waals surface area contributed by atoms with Gasteiger partial charge in [-0.3, -0.25) is 4.68 Å². The van der Waals surface area contributed by atoms with Crippen molar-refractivity contribution in [3.63, 3.8) is 0 Å². The van der Waals surface area contributed by atoms with E-state index in [1.165, 1.54) is 4.31 Å². The van der Waals surface area contributed by atoms with Crippen molar-refractivity contribution < 1.29 is 13.2 Å². The van der Waals surface area contributed by atoms with Crippen molar-refractivity contribution in [1.82, 2.24) is 14.1 Å². The summed E-state index contributed by atoms with van der Waals surface area (Å²) >= 11 is 0. The maximum atomic E-state index is 12.7. The molecule has 0 aliphatic carbocycles. The molecule has 0 radical (unpaired) electrons. The third-order valence-electron chi connectivity index (χ3n) is 3.40. The molecular weight excluding hydrogens is 268 g/mol. The van der Waals surface area contributed by atoms with Gasteiger partial charge in [0.25, 0.3) is 0 Å².